The van der Waals surface area contributed by atoms with Gasteiger partial charge in [-0.3, -0.25) is 4.79 Å². The normalized spacial score (nSPS) is 10.9. The van der Waals surface area contributed by atoms with Gasteiger partial charge in [0, 0.05) is 6.54 Å². The van der Waals surface area contributed by atoms with Gasteiger partial charge in [0.1, 0.15) is 5.82 Å². The SMILES string of the molecule is C=CCNc1ccc(C(=O)Nc2ccccc2C(F)(F)F)nn1. The van der Waals surface area contributed by atoms with Crippen LogP contribution in [-0.4, -0.2) is 22.6 Å². The van der Waals surface area contributed by atoms with E-state index in [1.54, 1.807) is 6.08 Å². The van der Waals surface area contributed by atoms with Crippen LogP contribution < -0.4 is 10.6 Å². The molecule has 2 aromatic rings. The second-order valence-electron chi connectivity index (χ2n) is 4.47. The Bertz CT molecular complexity index is 699. The Labute approximate surface area is 130 Å². The van der Waals surface area contributed by atoms with E-state index in [0.717, 1.165) is 6.07 Å². The van der Waals surface area contributed by atoms with Crippen LogP contribution in [0.4, 0.5) is 24.7 Å². The Morgan fingerprint density at radius 3 is 2.52 bits per heavy atom. The van der Waals surface area contributed by atoms with Crippen LogP contribution >= 0.6 is 0 Å². The maximum atomic E-state index is 12.9. The van der Waals surface area contributed by atoms with Crippen molar-refractivity contribution in [2.24, 2.45) is 0 Å². The molecule has 0 radical (unpaired) electrons. The van der Waals surface area contributed by atoms with Gasteiger partial charge < -0.3 is 10.6 Å². The molecule has 0 aliphatic carbocycles. The monoisotopic (exact) mass is 322 g/mol. The molecule has 0 saturated carbocycles. The lowest BCUT2D eigenvalue weighted by Crippen LogP contribution is -2.18. The van der Waals surface area contributed by atoms with E-state index in [1.165, 1.54) is 30.3 Å². The van der Waals surface area contributed by atoms with Crippen molar-refractivity contribution in [3.8, 4) is 0 Å². The van der Waals surface area contributed by atoms with Gasteiger partial charge in [0.2, 0.25) is 0 Å². The number of benzene rings is 1. The number of nitrogens with one attached hydrogen (secondary N) is 2. The van der Waals surface area contributed by atoms with Crippen molar-refractivity contribution in [2.45, 2.75) is 6.18 Å². The van der Waals surface area contributed by atoms with E-state index in [4.69, 9.17) is 0 Å². The van der Waals surface area contributed by atoms with Crippen LogP contribution in [0.2, 0.25) is 0 Å². The van der Waals surface area contributed by atoms with Crippen LogP contribution in [0.1, 0.15) is 16.1 Å². The van der Waals surface area contributed by atoms with Crippen LogP contribution in [-0.2, 0) is 6.18 Å². The highest BCUT2D eigenvalue weighted by Gasteiger charge is 2.33. The third-order valence-electron chi connectivity index (χ3n) is 2.81. The predicted molar refractivity (Wildman–Crippen MR) is 80.1 cm³/mol. The zero-order valence-corrected chi connectivity index (χ0v) is 11.9. The van der Waals surface area contributed by atoms with E-state index in [1.807, 2.05) is 0 Å². The quantitative estimate of drug-likeness (QED) is 0.829. The van der Waals surface area contributed by atoms with Crippen LogP contribution in [0.5, 0.6) is 0 Å². The van der Waals surface area contributed by atoms with Gasteiger partial charge in [-0.2, -0.15) is 13.2 Å². The molecule has 23 heavy (non-hydrogen) atoms. The van der Waals surface area contributed by atoms with E-state index in [0.29, 0.717) is 12.4 Å². The average Bonchev–Trinajstić information content (AvgIpc) is 2.53. The first-order valence-electron chi connectivity index (χ1n) is 6.58. The van der Waals surface area contributed by atoms with Crippen LogP contribution in [0.15, 0.2) is 49.1 Å². The minimum Gasteiger partial charge on any atom is -0.365 e. The molecule has 0 unspecified atom stereocenters. The Balaban J connectivity index is 2.15. The molecular weight excluding hydrogens is 309 g/mol. The van der Waals surface area contributed by atoms with Crippen molar-refractivity contribution in [2.75, 3.05) is 17.2 Å². The Morgan fingerprint density at radius 2 is 1.91 bits per heavy atom. The van der Waals surface area contributed by atoms with Crippen LogP contribution in [0, 0.1) is 0 Å². The lowest BCUT2D eigenvalue weighted by atomic mass is 10.1. The number of alkyl halides is 3. The summed E-state index contributed by atoms with van der Waals surface area (Å²) in [5.41, 5.74) is -1.35. The average molecular weight is 322 g/mol. The highest BCUT2D eigenvalue weighted by molar-refractivity contribution is 6.03. The summed E-state index contributed by atoms with van der Waals surface area (Å²) in [6.45, 7) is 4.00. The summed E-state index contributed by atoms with van der Waals surface area (Å²) in [6.07, 6.45) is -2.94. The fourth-order valence-electron chi connectivity index (χ4n) is 1.75. The molecule has 0 fully saturated rings. The zero-order valence-electron chi connectivity index (χ0n) is 11.9. The lowest BCUT2D eigenvalue weighted by Gasteiger charge is -2.13. The fourth-order valence-corrected chi connectivity index (χ4v) is 1.75. The van der Waals surface area contributed by atoms with Crippen LogP contribution in [0.3, 0.4) is 0 Å². The van der Waals surface area contributed by atoms with Crippen molar-refractivity contribution >= 4 is 17.4 Å². The molecule has 0 spiro atoms. The van der Waals surface area contributed by atoms with Gasteiger partial charge in [-0.15, -0.1) is 16.8 Å². The van der Waals surface area contributed by atoms with E-state index in [-0.39, 0.29) is 11.4 Å². The number of aromatic nitrogens is 2. The van der Waals surface area contributed by atoms with Gasteiger partial charge in [0.25, 0.3) is 5.91 Å². The predicted octanol–water partition coefficient (Wildman–Crippen LogP) is 3.35. The third-order valence-corrected chi connectivity index (χ3v) is 2.81. The molecule has 1 amide bonds. The fraction of sp³-hybridized carbons (Fsp3) is 0.133. The van der Waals surface area contributed by atoms with Gasteiger partial charge in [0.05, 0.1) is 11.3 Å². The molecule has 2 N–H and O–H groups in total. The number of carbonyl (C=O) groups is 1. The van der Waals surface area contributed by atoms with Gasteiger partial charge in [0.15, 0.2) is 5.69 Å². The minimum absolute atomic E-state index is 0.0915. The third kappa shape index (κ3) is 4.29. The number of hydrogen-bond acceptors (Lipinski definition) is 4. The van der Waals surface area contributed by atoms with Crippen molar-refractivity contribution in [3.63, 3.8) is 0 Å². The second-order valence-corrected chi connectivity index (χ2v) is 4.47. The first-order valence-corrected chi connectivity index (χ1v) is 6.58. The Morgan fingerprint density at radius 1 is 1.17 bits per heavy atom. The van der Waals surface area contributed by atoms with E-state index in [2.05, 4.69) is 27.4 Å². The maximum absolute atomic E-state index is 12.9. The Kier molecular flexibility index (Phi) is 4.95. The Hall–Kier alpha value is -2.90. The molecule has 0 bridgehead atoms. The summed E-state index contributed by atoms with van der Waals surface area (Å²) in [6, 6.07) is 7.58. The topological polar surface area (TPSA) is 66.9 Å². The molecule has 5 nitrogen and oxygen atoms in total. The van der Waals surface area contributed by atoms with E-state index < -0.39 is 17.6 Å². The summed E-state index contributed by atoms with van der Waals surface area (Å²) in [5, 5.41) is 12.5. The van der Waals surface area contributed by atoms with Crippen molar-refractivity contribution in [1.82, 2.24) is 10.2 Å². The summed E-state index contributed by atoms with van der Waals surface area (Å²) in [7, 11) is 0. The summed E-state index contributed by atoms with van der Waals surface area (Å²) in [4.78, 5) is 12.0. The molecule has 1 aromatic carbocycles. The standard InChI is InChI=1S/C15H13F3N4O/c1-2-9-19-13-8-7-12(21-22-13)14(23)20-11-6-4-3-5-10(11)15(16,17)18/h2-8H,1,9H2,(H,19,22)(H,20,23). The van der Waals surface area contributed by atoms with E-state index in [9.17, 15) is 18.0 Å². The van der Waals surface area contributed by atoms with Crippen LogP contribution in [0.25, 0.3) is 0 Å². The van der Waals surface area contributed by atoms with E-state index >= 15 is 0 Å². The zero-order chi connectivity index (χ0) is 16.9. The van der Waals surface area contributed by atoms with Gasteiger partial charge >= 0.3 is 6.18 Å². The molecular formula is C15H13F3N4O. The number of carbonyl (C=O) groups excluding carboxylic acids is 1. The molecule has 8 heteroatoms. The number of anilines is 2. The van der Waals surface area contributed by atoms with Gasteiger partial charge in [-0.05, 0) is 24.3 Å². The van der Waals surface area contributed by atoms with Crippen molar-refractivity contribution < 1.29 is 18.0 Å². The molecule has 120 valence electrons. The molecule has 0 saturated heterocycles. The lowest BCUT2D eigenvalue weighted by molar-refractivity contribution is -0.136. The number of rotatable bonds is 5. The number of halogens is 3. The molecule has 0 aliphatic rings. The maximum Gasteiger partial charge on any atom is 0.418 e. The van der Waals surface area contributed by atoms with Crippen molar-refractivity contribution in [1.29, 1.82) is 0 Å². The number of amides is 1. The smallest absolute Gasteiger partial charge is 0.365 e. The summed E-state index contributed by atoms with van der Waals surface area (Å²) in [5.74, 6) is -0.346. The highest BCUT2D eigenvalue weighted by atomic mass is 19.4. The summed E-state index contributed by atoms with van der Waals surface area (Å²) < 4.78 is 38.6. The molecule has 2 rings (SSSR count). The number of para-hydroxylation sites is 1. The first kappa shape index (κ1) is 16.5. The van der Waals surface area contributed by atoms with Gasteiger partial charge in [-0.1, -0.05) is 18.2 Å². The first-order chi connectivity index (χ1) is 10.9. The number of nitrogens with zero attached hydrogens (tertiary/aromatic N) is 2. The summed E-state index contributed by atoms with van der Waals surface area (Å²) >= 11 is 0. The molecule has 0 atom stereocenters. The minimum atomic E-state index is -4.56. The second kappa shape index (κ2) is 6.91. The molecule has 1 heterocycles. The molecule has 0 aliphatic heterocycles. The highest BCUT2D eigenvalue weighted by Crippen LogP contribution is 2.34. The largest absolute Gasteiger partial charge is 0.418 e. The number of hydrogen-bond donors (Lipinski definition) is 2. The van der Waals surface area contributed by atoms with Gasteiger partial charge in [-0.25, -0.2) is 0 Å². The molecule has 1 aromatic heterocycles. The van der Waals surface area contributed by atoms with Crippen molar-refractivity contribution in [3.05, 3.63) is 60.3 Å².